The Bertz CT molecular complexity index is 418. The highest BCUT2D eigenvalue weighted by molar-refractivity contribution is 9.10. The van der Waals surface area contributed by atoms with Gasteiger partial charge in [0, 0.05) is 17.3 Å². The monoisotopic (exact) mass is 303 g/mol. The molecule has 0 bridgehead atoms. The Labute approximate surface area is 94.6 Å². The summed E-state index contributed by atoms with van der Waals surface area (Å²) in [4.78, 5) is 13.3. The van der Waals surface area contributed by atoms with E-state index in [0.717, 1.165) is 0 Å². The maximum Gasteiger partial charge on any atom is 0.434 e. The Hall–Kier alpha value is -1.05. The van der Waals surface area contributed by atoms with Crippen molar-refractivity contribution in [2.24, 2.45) is 0 Å². The van der Waals surface area contributed by atoms with E-state index in [1.54, 1.807) is 0 Å². The second kappa shape index (κ2) is 4.44. The van der Waals surface area contributed by atoms with Crippen LogP contribution in [0.3, 0.4) is 0 Å². The zero-order chi connectivity index (χ0) is 12.5. The van der Waals surface area contributed by atoms with Crippen molar-refractivity contribution in [1.82, 2.24) is 4.98 Å². The first-order valence-corrected chi connectivity index (χ1v) is 4.57. The summed E-state index contributed by atoms with van der Waals surface area (Å²) in [6.45, 7) is 0. The fourth-order valence-corrected chi connectivity index (χ4v) is 1.66. The molecule has 2 nitrogen and oxygen atoms in total. The normalized spacial score (nSPS) is 11.9. The molecular weight excluding hydrogens is 301 g/mol. The van der Waals surface area contributed by atoms with Gasteiger partial charge in [-0.25, -0.2) is 8.78 Å². The van der Waals surface area contributed by atoms with Crippen LogP contribution in [0.15, 0.2) is 10.7 Å². The second-order valence-electron chi connectivity index (χ2n) is 2.71. The number of hydrogen-bond donors (Lipinski definition) is 0. The molecule has 0 aromatic carbocycles. The van der Waals surface area contributed by atoms with Gasteiger partial charge in [0.2, 0.25) is 0 Å². The summed E-state index contributed by atoms with van der Waals surface area (Å²) in [5, 5.41) is 0. The lowest BCUT2D eigenvalue weighted by molar-refractivity contribution is -0.141. The van der Waals surface area contributed by atoms with Gasteiger partial charge in [-0.05, 0) is 15.9 Å². The molecule has 0 aliphatic heterocycles. The topological polar surface area (TPSA) is 30.0 Å². The molecule has 0 aliphatic rings. The van der Waals surface area contributed by atoms with Gasteiger partial charge in [0.15, 0.2) is 12.0 Å². The fraction of sp³-hybridized carbons (Fsp3) is 0.250. The molecule has 0 fully saturated rings. The van der Waals surface area contributed by atoms with Crippen molar-refractivity contribution in [2.75, 3.05) is 0 Å². The fourth-order valence-electron chi connectivity index (χ4n) is 1.01. The highest BCUT2D eigenvalue weighted by Gasteiger charge is 2.37. The van der Waals surface area contributed by atoms with Gasteiger partial charge in [0.05, 0.1) is 4.47 Å². The Morgan fingerprint density at radius 2 is 1.94 bits per heavy atom. The predicted molar refractivity (Wildman–Crippen MR) is 47.3 cm³/mol. The van der Waals surface area contributed by atoms with Gasteiger partial charge >= 0.3 is 6.18 Å². The highest BCUT2D eigenvalue weighted by Crippen LogP contribution is 2.37. The van der Waals surface area contributed by atoms with Gasteiger partial charge < -0.3 is 0 Å². The Morgan fingerprint density at radius 1 is 1.38 bits per heavy atom. The van der Waals surface area contributed by atoms with Gasteiger partial charge in [0.25, 0.3) is 6.43 Å². The number of aromatic nitrogens is 1. The smallest absolute Gasteiger partial charge is 0.298 e. The van der Waals surface area contributed by atoms with Crippen LogP contribution < -0.4 is 0 Å². The van der Waals surface area contributed by atoms with Gasteiger partial charge in [-0.15, -0.1) is 0 Å². The van der Waals surface area contributed by atoms with Gasteiger partial charge in [-0.1, -0.05) is 0 Å². The summed E-state index contributed by atoms with van der Waals surface area (Å²) in [6, 6.07) is 0. The van der Waals surface area contributed by atoms with Crippen molar-refractivity contribution >= 4 is 22.2 Å². The number of aldehydes is 1. The standard InChI is InChI=1S/C8H3BrF5NO/c9-5-4(2-16)3(7(10)11)1-15-6(5)8(12,13)14/h1-2,7H. The highest BCUT2D eigenvalue weighted by atomic mass is 79.9. The van der Waals surface area contributed by atoms with Crippen LogP contribution in [0.25, 0.3) is 0 Å². The first-order valence-electron chi connectivity index (χ1n) is 3.78. The number of rotatable bonds is 2. The summed E-state index contributed by atoms with van der Waals surface area (Å²) in [5.74, 6) is 0. The van der Waals surface area contributed by atoms with E-state index in [2.05, 4.69) is 20.9 Å². The Kier molecular flexibility index (Phi) is 3.61. The van der Waals surface area contributed by atoms with Gasteiger partial charge in [-0.2, -0.15) is 13.2 Å². The molecule has 0 atom stereocenters. The SMILES string of the molecule is O=Cc1c(C(F)F)cnc(C(F)(F)F)c1Br. The van der Waals surface area contributed by atoms with E-state index in [9.17, 15) is 26.7 Å². The summed E-state index contributed by atoms with van der Waals surface area (Å²) in [6.07, 6.45) is -7.59. The van der Waals surface area contributed by atoms with Crippen molar-refractivity contribution < 1.29 is 26.7 Å². The van der Waals surface area contributed by atoms with E-state index in [-0.39, 0.29) is 6.29 Å². The second-order valence-corrected chi connectivity index (χ2v) is 3.50. The summed E-state index contributed by atoms with van der Waals surface area (Å²) >= 11 is 2.45. The number of alkyl halides is 5. The van der Waals surface area contributed by atoms with Crippen LogP contribution in [0.2, 0.25) is 0 Å². The van der Waals surface area contributed by atoms with Gasteiger partial charge in [-0.3, -0.25) is 9.78 Å². The molecule has 0 unspecified atom stereocenters. The first-order chi connectivity index (χ1) is 7.29. The largest absolute Gasteiger partial charge is 0.434 e. The molecule has 1 aromatic heterocycles. The third kappa shape index (κ3) is 2.37. The number of halogens is 6. The Balaban J connectivity index is 3.46. The van der Waals surface area contributed by atoms with Crippen molar-refractivity contribution in [3.05, 3.63) is 27.5 Å². The van der Waals surface area contributed by atoms with E-state index in [4.69, 9.17) is 0 Å². The molecule has 0 saturated heterocycles. The summed E-state index contributed by atoms with van der Waals surface area (Å²) in [7, 11) is 0. The molecule has 88 valence electrons. The lowest BCUT2D eigenvalue weighted by Gasteiger charge is -2.11. The van der Waals surface area contributed by atoms with Crippen LogP contribution in [0, 0.1) is 0 Å². The lowest BCUT2D eigenvalue weighted by atomic mass is 10.1. The summed E-state index contributed by atoms with van der Waals surface area (Å²) < 4.78 is 60.8. The molecule has 0 radical (unpaired) electrons. The minimum absolute atomic E-state index is 0.0670. The van der Waals surface area contributed by atoms with Crippen molar-refractivity contribution in [1.29, 1.82) is 0 Å². The molecular formula is C8H3BrF5NO. The molecule has 1 aromatic rings. The number of pyridine rings is 1. The first kappa shape index (κ1) is 13.0. The zero-order valence-corrected chi connectivity index (χ0v) is 8.94. The van der Waals surface area contributed by atoms with E-state index in [0.29, 0.717) is 6.20 Å². The molecule has 0 spiro atoms. The Morgan fingerprint density at radius 3 is 2.31 bits per heavy atom. The van der Waals surface area contributed by atoms with Crippen molar-refractivity contribution in [2.45, 2.75) is 12.6 Å². The van der Waals surface area contributed by atoms with Crippen LogP contribution in [-0.2, 0) is 6.18 Å². The predicted octanol–water partition coefficient (Wildman–Crippen LogP) is 3.61. The van der Waals surface area contributed by atoms with E-state index < -0.39 is 33.9 Å². The number of carbonyl (C=O) groups excluding carboxylic acids is 1. The van der Waals surface area contributed by atoms with Crippen LogP contribution in [0.5, 0.6) is 0 Å². The molecule has 8 heteroatoms. The van der Waals surface area contributed by atoms with Crippen LogP contribution in [0.4, 0.5) is 22.0 Å². The molecule has 0 amide bonds. The third-order valence-corrected chi connectivity index (χ3v) is 2.51. The summed E-state index contributed by atoms with van der Waals surface area (Å²) in [5.41, 5.74) is -2.98. The molecule has 0 aliphatic carbocycles. The maximum absolute atomic E-state index is 12.3. The van der Waals surface area contributed by atoms with E-state index in [1.165, 1.54) is 0 Å². The lowest BCUT2D eigenvalue weighted by Crippen LogP contribution is -2.12. The van der Waals surface area contributed by atoms with Crippen molar-refractivity contribution in [3.63, 3.8) is 0 Å². The number of carbonyl (C=O) groups is 1. The maximum atomic E-state index is 12.3. The van der Waals surface area contributed by atoms with Crippen LogP contribution >= 0.6 is 15.9 Å². The average molecular weight is 304 g/mol. The molecule has 0 N–H and O–H groups in total. The molecule has 0 saturated carbocycles. The van der Waals surface area contributed by atoms with Crippen molar-refractivity contribution in [3.8, 4) is 0 Å². The minimum atomic E-state index is -4.81. The molecule has 16 heavy (non-hydrogen) atoms. The zero-order valence-electron chi connectivity index (χ0n) is 7.36. The quantitative estimate of drug-likeness (QED) is 0.617. The van der Waals surface area contributed by atoms with Gasteiger partial charge in [0.1, 0.15) is 0 Å². The van der Waals surface area contributed by atoms with Crippen LogP contribution in [0.1, 0.15) is 28.0 Å². The third-order valence-electron chi connectivity index (χ3n) is 1.71. The van der Waals surface area contributed by atoms with E-state index >= 15 is 0 Å². The minimum Gasteiger partial charge on any atom is -0.298 e. The van der Waals surface area contributed by atoms with E-state index in [1.807, 2.05) is 0 Å². The number of hydrogen-bond acceptors (Lipinski definition) is 2. The molecule has 1 rings (SSSR count). The van der Waals surface area contributed by atoms with Crippen LogP contribution in [-0.4, -0.2) is 11.3 Å². The number of nitrogens with zero attached hydrogens (tertiary/aromatic N) is 1. The average Bonchev–Trinajstić information content (AvgIpc) is 2.14. The molecule has 1 heterocycles.